The smallest absolute Gasteiger partial charge is 0.257 e. The van der Waals surface area contributed by atoms with Crippen LogP contribution in [0.1, 0.15) is 32.0 Å². The first-order valence-corrected chi connectivity index (χ1v) is 10.8. The van der Waals surface area contributed by atoms with Crippen LogP contribution in [0.25, 0.3) is 0 Å². The summed E-state index contributed by atoms with van der Waals surface area (Å²) in [4.78, 5) is 41.6. The minimum Gasteiger partial charge on any atom is -0.326 e. The topological polar surface area (TPSA) is 88.2 Å². The number of rotatable bonds is 7. The fraction of sp³-hybridized carbons (Fsp3) is 0.0400. The van der Waals surface area contributed by atoms with E-state index in [-0.39, 0.29) is 24.0 Å². The highest BCUT2D eigenvalue weighted by Gasteiger charge is 2.13. The predicted molar refractivity (Wildman–Crippen MR) is 125 cm³/mol. The van der Waals surface area contributed by atoms with Crippen LogP contribution in [0.3, 0.4) is 0 Å². The van der Waals surface area contributed by atoms with E-state index in [9.17, 15) is 14.4 Å². The van der Waals surface area contributed by atoms with Crippen LogP contribution in [0.2, 0.25) is 0 Å². The van der Waals surface area contributed by atoms with Gasteiger partial charge in [0, 0.05) is 27.8 Å². The molecule has 4 aromatic rings. The molecule has 0 atom stereocenters. The largest absolute Gasteiger partial charge is 0.326 e. The van der Waals surface area contributed by atoms with Crippen LogP contribution >= 0.6 is 11.3 Å². The zero-order chi connectivity index (χ0) is 22.3. The number of thiazole rings is 1. The highest BCUT2D eigenvalue weighted by atomic mass is 32.1. The van der Waals surface area contributed by atoms with E-state index in [1.165, 1.54) is 11.3 Å². The summed E-state index contributed by atoms with van der Waals surface area (Å²) < 4.78 is 0. The Labute approximate surface area is 189 Å². The van der Waals surface area contributed by atoms with Gasteiger partial charge in [-0.2, -0.15) is 0 Å². The van der Waals surface area contributed by atoms with Crippen molar-refractivity contribution in [1.29, 1.82) is 0 Å². The van der Waals surface area contributed by atoms with Crippen molar-refractivity contribution in [3.8, 4) is 0 Å². The number of hydrogen-bond donors (Lipinski definition) is 2. The predicted octanol–water partition coefficient (Wildman–Crippen LogP) is 4.81. The zero-order valence-corrected chi connectivity index (χ0v) is 17.8. The molecule has 7 heteroatoms. The third-order valence-electron chi connectivity index (χ3n) is 4.59. The number of hydrogen-bond acceptors (Lipinski definition) is 5. The second kappa shape index (κ2) is 9.80. The van der Waals surface area contributed by atoms with Crippen LogP contribution in [0, 0.1) is 0 Å². The summed E-state index contributed by atoms with van der Waals surface area (Å²) in [6.07, 6.45) is 0.0502. The minimum absolute atomic E-state index is 0.0502. The van der Waals surface area contributed by atoms with Gasteiger partial charge in [-0.3, -0.25) is 19.7 Å². The molecule has 0 unspecified atom stereocenters. The van der Waals surface area contributed by atoms with Crippen LogP contribution < -0.4 is 10.6 Å². The number of benzene rings is 3. The van der Waals surface area contributed by atoms with Gasteiger partial charge in [-0.25, -0.2) is 4.98 Å². The highest BCUT2D eigenvalue weighted by Crippen LogP contribution is 2.19. The average molecular weight is 442 g/mol. The Kier molecular flexibility index (Phi) is 6.48. The van der Waals surface area contributed by atoms with Gasteiger partial charge >= 0.3 is 0 Å². The molecule has 3 aromatic carbocycles. The maximum Gasteiger partial charge on any atom is 0.257 e. The molecule has 0 spiro atoms. The molecule has 1 aromatic heterocycles. The van der Waals surface area contributed by atoms with E-state index in [1.807, 2.05) is 24.3 Å². The SMILES string of the molecule is O=C(Cc1csc(NC(=O)c2ccccc2)n1)Nc1cccc(C(=O)c2ccccc2)c1. The van der Waals surface area contributed by atoms with Crippen molar-refractivity contribution in [1.82, 2.24) is 4.98 Å². The summed E-state index contributed by atoms with van der Waals surface area (Å²) >= 11 is 1.26. The van der Waals surface area contributed by atoms with Crippen LogP contribution in [0.4, 0.5) is 10.8 Å². The Hall–Kier alpha value is -4.10. The summed E-state index contributed by atoms with van der Waals surface area (Å²) in [6, 6.07) is 24.6. The molecule has 0 saturated carbocycles. The Morgan fingerprint density at radius 3 is 2.12 bits per heavy atom. The molecule has 0 saturated heterocycles. The maximum absolute atomic E-state index is 12.6. The lowest BCUT2D eigenvalue weighted by atomic mass is 10.0. The quantitative estimate of drug-likeness (QED) is 0.403. The van der Waals surface area contributed by atoms with Crippen molar-refractivity contribution < 1.29 is 14.4 Å². The van der Waals surface area contributed by atoms with Crippen molar-refractivity contribution in [2.75, 3.05) is 10.6 Å². The van der Waals surface area contributed by atoms with Gasteiger partial charge < -0.3 is 5.32 Å². The summed E-state index contributed by atoms with van der Waals surface area (Å²) in [5, 5.41) is 7.70. The lowest BCUT2D eigenvalue weighted by Gasteiger charge is -2.07. The summed E-state index contributed by atoms with van der Waals surface area (Å²) in [5.41, 5.74) is 2.70. The first-order chi connectivity index (χ1) is 15.6. The van der Waals surface area contributed by atoms with Crippen LogP contribution in [0.5, 0.6) is 0 Å². The highest BCUT2D eigenvalue weighted by molar-refractivity contribution is 7.14. The Morgan fingerprint density at radius 1 is 0.750 bits per heavy atom. The molecule has 4 rings (SSSR count). The number of ketones is 1. The van der Waals surface area contributed by atoms with Gasteiger partial charge in [-0.15, -0.1) is 11.3 Å². The number of anilines is 2. The molecule has 0 aliphatic rings. The molecule has 1 heterocycles. The maximum atomic E-state index is 12.6. The fourth-order valence-electron chi connectivity index (χ4n) is 3.07. The third kappa shape index (κ3) is 5.33. The normalized spacial score (nSPS) is 10.4. The molecule has 0 bridgehead atoms. The summed E-state index contributed by atoms with van der Waals surface area (Å²) in [7, 11) is 0. The van der Waals surface area contributed by atoms with Gasteiger partial charge in [0.1, 0.15) is 0 Å². The fourth-order valence-corrected chi connectivity index (χ4v) is 3.77. The molecule has 0 fully saturated rings. The third-order valence-corrected chi connectivity index (χ3v) is 5.40. The molecule has 0 radical (unpaired) electrons. The molecule has 158 valence electrons. The first-order valence-electron chi connectivity index (χ1n) is 9.89. The van der Waals surface area contributed by atoms with Gasteiger partial charge in [-0.05, 0) is 24.3 Å². The van der Waals surface area contributed by atoms with Crippen molar-refractivity contribution in [2.45, 2.75) is 6.42 Å². The van der Waals surface area contributed by atoms with Gasteiger partial charge in [0.25, 0.3) is 5.91 Å². The van der Waals surface area contributed by atoms with Crippen molar-refractivity contribution in [3.63, 3.8) is 0 Å². The van der Waals surface area contributed by atoms with E-state index in [0.717, 1.165) is 0 Å². The van der Waals surface area contributed by atoms with E-state index in [2.05, 4.69) is 15.6 Å². The van der Waals surface area contributed by atoms with Gasteiger partial charge in [-0.1, -0.05) is 60.7 Å². The van der Waals surface area contributed by atoms with Crippen LogP contribution in [-0.2, 0) is 11.2 Å². The summed E-state index contributed by atoms with van der Waals surface area (Å²) in [5.74, 6) is -0.628. The van der Waals surface area contributed by atoms with E-state index in [4.69, 9.17) is 0 Å². The molecule has 0 aliphatic carbocycles. The second-order valence-corrected chi connectivity index (χ2v) is 7.82. The van der Waals surface area contributed by atoms with Crippen LogP contribution in [0.15, 0.2) is 90.3 Å². The minimum atomic E-state index is -0.263. The van der Waals surface area contributed by atoms with Gasteiger partial charge in [0.2, 0.25) is 5.91 Å². The van der Waals surface area contributed by atoms with Crippen LogP contribution in [-0.4, -0.2) is 22.6 Å². The molecule has 0 aliphatic heterocycles. The molecule has 32 heavy (non-hydrogen) atoms. The van der Waals surface area contributed by atoms with Crippen molar-refractivity contribution in [3.05, 3.63) is 113 Å². The summed E-state index contributed by atoms with van der Waals surface area (Å²) in [6.45, 7) is 0. The monoisotopic (exact) mass is 441 g/mol. The Balaban J connectivity index is 1.36. The molecule has 6 nitrogen and oxygen atoms in total. The molecular weight excluding hydrogens is 422 g/mol. The van der Waals surface area contributed by atoms with E-state index < -0.39 is 0 Å². The second-order valence-electron chi connectivity index (χ2n) is 6.97. The molecule has 2 N–H and O–H groups in total. The number of nitrogens with one attached hydrogen (secondary N) is 2. The number of carbonyl (C=O) groups is 3. The average Bonchev–Trinajstić information content (AvgIpc) is 3.26. The molecule has 2 amide bonds. The zero-order valence-electron chi connectivity index (χ0n) is 16.9. The first kappa shape index (κ1) is 21.1. The standard InChI is InChI=1S/C25H19N3O3S/c29-22(15-21-16-32-25(27-21)28-24(31)18-10-5-2-6-11-18)26-20-13-7-12-19(14-20)23(30)17-8-3-1-4-9-17/h1-14,16H,15H2,(H,26,29)(H,27,28,31). The van der Waals surface area contributed by atoms with E-state index in [1.54, 1.807) is 66.0 Å². The number of amides is 2. The van der Waals surface area contributed by atoms with E-state index >= 15 is 0 Å². The van der Waals surface area contributed by atoms with Gasteiger partial charge in [0.15, 0.2) is 10.9 Å². The number of carbonyl (C=O) groups excluding carboxylic acids is 3. The van der Waals surface area contributed by atoms with Crippen molar-refractivity contribution >= 4 is 39.8 Å². The lowest BCUT2D eigenvalue weighted by molar-refractivity contribution is -0.115. The van der Waals surface area contributed by atoms with Gasteiger partial charge in [0.05, 0.1) is 12.1 Å². The van der Waals surface area contributed by atoms with E-state index in [0.29, 0.717) is 33.2 Å². The Morgan fingerprint density at radius 2 is 1.41 bits per heavy atom. The lowest BCUT2D eigenvalue weighted by Crippen LogP contribution is -2.15. The Bertz CT molecular complexity index is 1250. The number of aromatic nitrogens is 1. The molecular formula is C25H19N3O3S. The number of nitrogens with zero attached hydrogens (tertiary/aromatic N) is 1. The van der Waals surface area contributed by atoms with Crippen molar-refractivity contribution in [2.24, 2.45) is 0 Å².